The summed E-state index contributed by atoms with van der Waals surface area (Å²) < 4.78 is 32.4. The number of benzene rings is 2. The van der Waals surface area contributed by atoms with Gasteiger partial charge in [-0.3, -0.25) is 4.79 Å². The van der Waals surface area contributed by atoms with Gasteiger partial charge in [0.1, 0.15) is 5.76 Å². The molecule has 3 rings (SSSR count). The lowest BCUT2D eigenvalue weighted by molar-refractivity contribution is -0.116. The molecular weight excluding hydrogens is 459 g/mol. The van der Waals surface area contributed by atoms with Crippen LogP contribution in [0.4, 0.5) is 5.69 Å². The fourth-order valence-electron chi connectivity index (χ4n) is 2.54. The Bertz CT molecular complexity index is 1080. The fraction of sp³-hybridized carbons (Fsp3) is 0.105. The molecule has 152 valence electrons. The third-order valence-corrected chi connectivity index (χ3v) is 6.50. The SMILES string of the molecule is O=C(CN(Cc1ccco1)S(=O)(=O)c1ccccc1)Nc1c(Cl)cc(Cl)cc1Cl. The van der Waals surface area contributed by atoms with Gasteiger partial charge < -0.3 is 9.73 Å². The third-order valence-electron chi connectivity index (χ3n) is 3.88. The molecule has 6 nitrogen and oxygen atoms in total. The first-order valence-corrected chi connectivity index (χ1v) is 10.9. The van der Waals surface area contributed by atoms with E-state index in [1.165, 1.54) is 30.5 Å². The Balaban J connectivity index is 1.86. The monoisotopic (exact) mass is 472 g/mol. The van der Waals surface area contributed by atoms with Crippen LogP contribution >= 0.6 is 34.8 Å². The Morgan fingerprint density at radius 3 is 2.24 bits per heavy atom. The van der Waals surface area contributed by atoms with Crippen LogP contribution in [0, 0.1) is 0 Å². The molecule has 0 fully saturated rings. The molecule has 0 saturated heterocycles. The lowest BCUT2D eigenvalue weighted by Crippen LogP contribution is -2.37. The number of nitrogens with one attached hydrogen (secondary N) is 1. The lowest BCUT2D eigenvalue weighted by Gasteiger charge is -2.21. The van der Waals surface area contributed by atoms with Crippen LogP contribution in [0.15, 0.2) is 70.2 Å². The average Bonchev–Trinajstić information content (AvgIpc) is 3.18. The summed E-state index contributed by atoms with van der Waals surface area (Å²) in [5.74, 6) is -0.234. The van der Waals surface area contributed by atoms with E-state index in [-0.39, 0.29) is 27.2 Å². The lowest BCUT2D eigenvalue weighted by atomic mass is 10.3. The second kappa shape index (κ2) is 9.19. The molecular formula is C19H15Cl3N2O4S. The molecule has 0 radical (unpaired) electrons. The molecule has 2 aromatic carbocycles. The van der Waals surface area contributed by atoms with E-state index in [1.54, 1.807) is 30.3 Å². The van der Waals surface area contributed by atoms with Crippen molar-refractivity contribution in [1.29, 1.82) is 0 Å². The van der Waals surface area contributed by atoms with Crippen molar-refractivity contribution in [2.24, 2.45) is 0 Å². The molecule has 1 N–H and O–H groups in total. The van der Waals surface area contributed by atoms with E-state index >= 15 is 0 Å². The second-order valence-electron chi connectivity index (χ2n) is 5.96. The van der Waals surface area contributed by atoms with Crippen molar-refractivity contribution < 1.29 is 17.6 Å². The van der Waals surface area contributed by atoms with Crippen molar-refractivity contribution in [2.75, 3.05) is 11.9 Å². The smallest absolute Gasteiger partial charge is 0.243 e. The van der Waals surface area contributed by atoms with Gasteiger partial charge in [-0.25, -0.2) is 8.42 Å². The van der Waals surface area contributed by atoms with Crippen molar-refractivity contribution in [3.8, 4) is 0 Å². The molecule has 1 heterocycles. The number of hydrogen-bond donors (Lipinski definition) is 1. The molecule has 29 heavy (non-hydrogen) atoms. The Morgan fingerprint density at radius 1 is 1.00 bits per heavy atom. The van der Waals surface area contributed by atoms with E-state index in [0.717, 1.165) is 4.31 Å². The van der Waals surface area contributed by atoms with Gasteiger partial charge in [-0.2, -0.15) is 4.31 Å². The van der Waals surface area contributed by atoms with E-state index < -0.39 is 22.5 Å². The minimum atomic E-state index is -3.97. The summed E-state index contributed by atoms with van der Waals surface area (Å²) in [5, 5.41) is 3.13. The second-order valence-corrected chi connectivity index (χ2v) is 9.15. The average molecular weight is 474 g/mol. The van der Waals surface area contributed by atoms with Gasteiger partial charge in [-0.1, -0.05) is 53.0 Å². The zero-order chi connectivity index (χ0) is 21.0. The van der Waals surface area contributed by atoms with Crippen LogP contribution < -0.4 is 5.32 Å². The maximum absolute atomic E-state index is 13.1. The molecule has 1 amide bonds. The standard InChI is InChI=1S/C19H15Cl3N2O4S/c20-13-9-16(21)19(17(22)10-13)23-18(25)12-24(11-14-5-4-8-28-14)29(26,27)15-6-2-1-3-7-15/h1-10H,11-12H2,(H,23,25). The maximum Gasteiger partial charge on any atom is 0.243 e. The van der Waals surface area contributed by atoms with Gasteiger partial charge in [0.15, 0.2) is 0 Å². The quantitative estimate of drug-likeness (QED) is 0.519. The summed E-state index contributed by atoms with van der Waals surface area (Å²) in [7, 11) is -3.97. The van der Waals surface area contributed by atoms with Crippen LogP contribution in [0.25, 0.3) is 0 Å². The minimum absolute atomic E-state index is 0.0573. The highest BCUT2D eigenvalue weighted by molar-refractivity contribution is 7.89. The molecule has 0 aliphatic rings. The normalized spacial score (nSPS) is 11.6. The van der Waals surface area contributed by atoms with Crippen LogP contribution in [-0.2, 0) is 21.4 Å². The van der Waals surface area contributed by atoms with Crippen LogP contribution in [-0.4, -0.2) is 25.2 Å². The van der Waals surface area contributed by atoms with E-state index in [9.17, 15) is 13.2 Å². The van der Waals surface area contributed by atoms with Crippen molar-refractivity contribution in [3.63, 3.8) is 0 Å². The Labute approximate surface area is 183 Å². The topological polar surface area (TPSA) is 79.6 Å². The van der Waals surface area contributed by atoms with Gasteiger partial charge >= 0.3 is 0 Å². The number of carbonyl (C=O) groups is 1. The summed E-state index contributed by atoms with van der Waals surface area (Å²) >= 11 is 18.0. The number of furan rings is 1. The summed E-state index contributed by atoms with van der Waals surface area (Å²) in [6.07, 6.45) is 1.43. The van der Waals surface area contributed by atoms with E-state index in [4.69, 9.17) is 39.2 Å². The van der Waals surface area contributed by atoms with Gasteiger partial charge in [-0.15, -0.1) is 0 Å². The van der Waals surface area contributed by atoms with E-state index in [0.29, 0.717) is 10.8 Å². The number of halogens is 3. The first kappa shape index (κ1) is 21.7. The first-order chi connectivity index (χ1) is 13.8. The van der Waals surface area contributed by atoms with Crippen LogP contribution in [0.3, 0.4) is 0 Å². The van der Waals surface area contributed by atoms with Crippen molar-refractivity contribution in [2.45, 2.75) is 11.4 Å². The predicted octanol–water partition coefficient (Wildman–Crippen LogP) is 5.07. The highest BCUT2D eigenvalue weighted by Crippen LogP contribution is 2.33. The summed E-state index contributed by atoms with van der Waals surface area (Å²) in [5.41, 5.74) is 0.151. The molecule has 0 spiro atoms. The molecule has 10 heteroatoms. The molecule has 0 unspecified atom stereocenters. The van der Waals surface area contributed by atoms with Gasteiger partial charge in [0.2, 0.25) is 15.9 Å². The van der Waals surface area contributed by atoms with Crippen molar-refractivity contribution in [3.05, 3.63) is 81.7 Å². The van der Waals surface area contributed by atoms with Crippen LogP contribution in [0.1, 0.15) is 5.76 Å². The highest BCUT2D eigenvalue weighted by Gasteiger charge is 2.28. The third kappa shape index (κ3) is 5.32. The number of rotatable bonds is 7. The Kier molecular flexibility index (Phi) is 6.87. The summed E-state index contributed by atoms with van der Waals surface area (Å²) in [4.78, 5) is 12.7. The zero-order valence-corrected chi connectivity index (χ0v) is 17.9. The number of amides is 1. The molecule has 0 atom stereocenters. The van der Waals surface area contributed by atoms with Crippen molar-refractivity contribution >= 4 is 56.4 Å². The molecule has 0 bridgehead atoms. The van der Waals surface area contributed by atoms with Crippen LogP contribution in [0.2, 0.25) is 15.1 Å². The number of anilines is 1. The molecule has 0 aliphatic heterocycles. The predicted molar refractivity (Wildman–Crippen MR) is 113 cm³/mol. The van der Waals surface area contributed by atoms with Crippen LogP contribution in [0.5, 0.6) is 0 Å². The minimum Gasteiger partial charge on any atom is -0.468 e. The summed E-state index contributed by atoms with van der Waals surface area (Å²) in [6, 6.07) is 13.9. The van der Waals surface area contributed by atoms with E-state index in [2.05, 4.69) is 5.32 Å². The van der Waals surface area contributed by atoms with Crippen molar-refractivity contribution in [1.82, 2.24) is 4.31 Å². The van der Waals surface area contributed by atoms with Gasteiger partial charge in [0.25, 0.3) is 0 Å². The fourth-order valence-corrected chi connectivity index (χ4v) is 4.84. The Morgan fingerprint density at radius 2 is 1.66 bits per heavy atom. The number of hydrogen-bond acceptors (Lipinski definition) is 4. The largest absolute Gasteiger partial charge is 0.468 e. The number of carbonyl (C=O) groups excluding carboxylic acids is 1. The van der Waals surface area contributed by atoms with Gasteiger partial charge in [0.05, 0.1) is 40.0 Å². The Hall–Kier alpha value is -2.03. The molecule has 3 aromatic rings. The number of nitrogens with zero attached hydrogens (tertiary/aromatic N) is 1. The first-order valence-electron chi connectivity index (χ1n) is 8.29. The zero-order valence-electron chi connectivity index (χ0n) is 14.8. The summed E-state index contributed by atoms with van der Waals surface area (Å²) in [6.45, 7) is -0.604. The van der Waals surface area contributed by atoms with E-state index in [1.807, 2.05) is 0 Å². The maximum atomic E-state index is 13.1. The molecule has 0 saturated carbocycles. The molecule has 0 aliphatic carbocycles. The molecule has 1 aromatic heterocycles. The highest BCUT2D eigenvalue weighted by atomic mass is 35.5. The van der Waals surface area contributed by atoms with Gasteiger partial charge in [0, 0.05) is 5.02 Å². The number of sulfonamides is 1. The van der Waals surface area contributed by atoms with Gasteiger partial charge in [-0.05, 0) is 36.4 Å².